The molecule has 1 aliphatic heterocycles. The van der Waals surface area contributed by atoms with Gasteiger partial charge in [0.1, 0.15) is 6.04 Å². The van der Waals surface area contributed by atoms with Gasteiger partial charge in [-0.3, -0.25) is 9.59 Å². The van der Waals surface area contributed by atoms with Crippen molar-refractivity contribution in [2.75, 3.05) is 31.5 Å². The number of amides is 4. The van der Waals surface area contributed by atoms with E-state index in [-0.39, 0.29) is 17.8 Å². The van der Waals surface area contributed by atoms with Gasteiger partial charge in [0.05, 0.1) is 0 Å². The number of carbonyl (C=O) groups excluding carboxylic acids is 3. The van der Waals surface area contributed by atoms with Crippen molar-refractivity contribution in [1.29, 1.82) is 0 Å². The van der Waals surface area contributed by atoms with E-state index in [1.54, 1.807) is 16.7 Å². The first-order valence-corrected chi connectivity index (χ1v) is 9.39. The molecule has 1 atom stereocenters. The molecular formula is C20H30N4O3. The predicted octanol–water partition coefficient (Wildman–Crippen LogP) is 2.30. The summed E-state index contributed by atoms with van der Waals surface area (Å²) in [6.07, 6.45) is 0.702. The third-order valence-corrected chi connectivity index (χ3v) is 4.52. The fourth-order valence-electron chi connectivity index (χ4n) is 2.81. The molecule has 2 rings (SSSR count). The smallest absolute Gasteiger partial charge is 0.321 e. The molecule has 0 aliphatic carbocycles. The van der Waals surface area contributed by atoms with Gasteiger partial charge >= 0.3 is 6.03 Å². The van der Waals surface area contributed by atoms with E-state index in [2.05, 4.69) is 10.6 Å². The number of hydrogen-bond acceptors (Lipinski definition) is 3. The standard InChI is InChI=1S/C20H30N4O3/c1-15(21-18(26)20(2,3)4)17(25)23-11-8-12-24(14-13-23)19(27)22-16-9-6-5-7-10-16/h5-7,9-10,15H,8,11-14H2,1-4H3,(H,21,26)(H,22,27)/t15-/m1/s1. The SMILES string of the molecule is C[C@@H](NC(=O)C(C)(C)C)C(=O)N1CCCN(C(=O)Nc2ccccc2)CC1. The van der Waals surface area contributed by atoms with E-state index in [1.165, 1.54) is 0 Å². The van der Waals surface area contributed by atoms with Crippen LogP contribution in [0.1, 0.15) is 34.1 Å². The van der Waals surface area contributed by atoms with Crippen molar-refractivity contribution in [3.63, 3.8) is 0 Å². The van der Waals surface area contributed by atoms with Crippen LogP contribution < -0.4 is 10.6 Å². The molecule has 1 heterocycles. The largest absolute Gasteiger partial charge is 0.344 e. The zero-order valence-corrected chi connectivity index (χ0v) is 16.6. The highest BCUT2D eigenvalue weighted by Crippen LogP contribution is 2.14. The molecule has 148 valence electrons. The fraction of sp³-hybridized carbons (Fsp3) is 0.550. The second kappa shape index (κ2) is 8.88. The van der Waals surface area contributed by atoms with Crippen LogP contribution in [0.2, 0.25) is 0 Å². The molecule has 1 aromatic carbocycles. The quantitative estimate of drug-likeness (QED) is 0.852. The molecule has 0 radical (unpaired) electrons. The van der Waals surface area contributed by atoms with Crippen molar-refractivity contribution in [3.8, 4) is 0 Å². The Morgan fingerprint density at radius 3 is 2.19 bits per heavy atom. The van der Waals surface area contributed by atoms with Gasteiger partial charge in [-0.2, -0.15) is 0 Å². The number of carbonyl (C=O) groups is 3. The van der Waals surface area contributed by atoms with E-state index in [0.29, 0.717) is 32.6 Å². The number of nitrogens with one attached hydrogen (secondary N) is 2. The molecule has 1 fully saturated rings. The Morgan fingerprint density at radius 2 is 1.56 bits per heavy atom. The first kappa shape index (κ1) is 20.7. The minimum absolute atomic E-state index is 0.113. The van der Waals surface area contributed by atoms with E-state index in [0.717, 1.165) is 5.69 Å². The van der Waals surface area contributed by atoms with E-state index in [4.69, 9.17) is 0 Å². The normalized spacial score (nSPS) is 16.3. The van der Waals surface area contributed by atoms with E-state index in [9.17, 15) is 14.4 Å². The van der Waals surface area contributed by atoms with Crippen LogP contribution in [-0.4, -0.2) is 59.9 Å². The summed E-state index contributed by atoms with van der Waals surface area (Å²) in [7, 11) is 0. The molecule has 7 nitrogen and oxygen atoms in total. The lowest BCUT2D eigenvalue weighted by Gasteiger charge is -2.27. The van der Waals surface area contributed by atoms with Crippen molar-refractivity contribution in [3.05, 3.63) is 30.3 Å². The molecule has 27 heavy (non-hydrogen) atoms. The monoisotopic (exact) mass is 374 g/mol. The average molecular weight is 374 g/mol. The van der Waals surface area contributed by atoms with E-state index in [1.807, 2.05) is 51.1 Å². The van der Waals surface area contributed by atoms with Gasteiger partial charge in [-0.1, -0.05) is 39.0 Å². The number of nitrogens with zero attached hydrogens (tertiary/aromatic N) is 2. The Kier molecular flexibility index (Phi) is 6.82. The fourth-order valence-corrected chi connectivity index (χ4v) is 2.81. The molecule has 0 spiro atoms. The summed E-state index contributed by atoms with van der Waals surface area (Å²) < 4.78 is 0. The number of urea groups is 1. The maximum atomic E-state index is 12.7. The summed E-state index contributed by atoms with van der Waals surface area (Å²) in [6.45, 7) is 9.23. The summed E-state index contributed by atoms with van der Waals surface area (Å²) >= 11 is 0. The number of para-hydroxylation sites is 1. The van der Waals surface area contributed by atoms with Crippen LogP contribution in [0.25, 0.3) is 0 Å². The lowest BCUT2D eigenvalue weighted by Crippen LogP contribution is -2.50. The second-order valence-corrected chi connectivity index (χ2v) is 7.91. The van der Waals surface area contributed by atoms with Gasteiger partial charge in [-0.05, 0) is 25.5 Å². The highest BCUT2D eigenvalue weighted by atomic mass is 16.2. The Balaban J connectivity index is 1.89. The molecule has 1 aromatic rings. The van der Waals surface area contributed by atoms with Crippen molar-refractivity contribution in [2.24, 2.45) is 5.41 Å². The van der Waals surface area contributed by atoms with Crippen LogP contribution >= 0.6 is 0 Å². The molecule has 0 unspecified atom stereocenters. The highest BCUT2D eigenvalue weighted by Gasteiger charge is 2.29. The zero-order valence-electron chi connectivity index (χ0n) is 16.6. The summed E-state index contributed by atoms with van der Waals surface area (Å²) in [6, 6.07) is 8.56. The highest BCUT2D eigenvalue weighted by molar-refractivity contribution is 5.90. The first-order valence-electron chi connectivity index (χ1n) is 9.39. The molecule has 4 amide bonds. The number of anilines is 1. The summed E-state index contributed by atoms with van der Waals surface area (Å²) in [5.74, 6) is -0.264. The van der Waals surface area contributed by atoms with Crippen molar-refractivity contribution in [1.82, 2.24) is 15.1 Å². The van der Waals surface area contributed by atoms with Crippen LogP contribution in [0.3, 0.4) is 0 Å². The zero-order chi connectivity index (χ0) is 20.0. The predicted molar refractivity (Wildman–Crippen MR) is 105 cm³/mol. The Morgan fingerprint density at radius 1 is 0.963 bits per heavy atom. The molecule has 0 aromatic heterocycles. The van der Waals surface area contributed by atoms with Gasteiger partial charge in [0.25, 0.3) is 0 Å². The Hall–Kier alpha value is -2.57. The Labute approximate surface area is 161 Å². The van der Waals surface area contributed by atoms with E-state index < -0.39 is 11.5 Å². The number of benzene rings is 1. The van der Waals surface area contributed by atoms with Crippen molar-refractivity contribution >= 4 is 23.5 Å². The van der Waals surface area contributed by atoms with Gasteiger partial charge in [0.2, 0.25) is 11.8 Å². The molecule has 0 bridgehead atoms. The van der Waals surface area contributed by atoms with E-state index >= 15 is 0 Å². The second-order valence-electron chi connectivity index (χ2n) is 7.91. The maximum Gasteiger partial charge on any atom is 0.321 e. The summed E-state index contributed by atoms with van der Waals surface area (Å²) in [4.78, 5) is 40.7. The molecule has 0 saturated carbocycles. The van der Waals surface area contributed by atoms with Gasteiger partial charge in [-0.15, -0.1) is 0 Å². The average Bonchev–Trinajstić information content (AvgIpc) is 2.87. The van der Waals surface area contributed by atoms with Crippen LogP contribution in [0.5, 0.6) is 0 Å². The number of rotatable bonds is 3. The van der Waals surface area contributed by atoms with Gasteiger partial charge < -0.3 is 20.4 Å². The summed E-state index contributed by atoms with van der Waals surface area (Å²) in [5, 5.41) is 5.66. The molecule has 1 saturated heterocycles. The van der Waals surface area contributed by atoms with Crippen LogP contribution in [0, 0.1) is 5.41 Å². The minimum Gasteiger partial charge on any atom is -0.344 e. The molecule has 2 N–H and O–H groups in total. The first-order chi connectivity index (χ1) is 12.7. The Bertz CT molecular complexity index is 670. The molecular weight excluding hydrogens is 344 g/mol. The van der Waals surface area contributed by atoms with Crippen molar-refractivity contribution < 1.29 is 14.4 Å². The maximum absolute atomic E-state index is 12.7. The minimum atomic E-state index is -0.582. The molecule has 1 aliphatic rings. The molecule has 7 heteroatoms. The lowest BCUT2D eigenvalue weighted by atomic mass is 9.95. The third kappa shape index (κ3) is 5.98. The lowest BCUT2D eigenvalue weighted by molar-refractivity contribution is -0.138. The topological polar surface area (TPSA) is 81.8 Å². The third-order valence-electron chi connectivity index (χ3n) is 4.52. The van der Waals surface area contributed by atoms with Crippen molar-refractivity contribution in [2.45, 2.75) is 40.2 Å². The van der Waals surface area contributed by atoms with Crippen LogP contribution in [0.15, 0.2) is 30.3 Å². The van der Waals surface area contributed by atoms with Gasteiger partial charge in [-0.25, -0.2) is 4.79 Å². The van der Waals surface area contributed by atoms with Crippen LogP contribution in [-0.2, 0) is 9.59 Å². The van der Waals surface area contributed by atoms with Gasteiger partial charge in [0, 0.05) is 37.3 Å². The summed E-state index contributed by atoms with van der Waals surface area (Å²) in [5.41, 5.74) is 0.206. The van der Waals surface area contributed by atoms with Gasteiger partial charge in [0.15, 0.2) is 0 Å². The number of hydrogen-bond donors (Lipinski definition) is 2. The van der Waals surface area contributed by atoms with Crippen LogP contribution in [0.4, 0.5) is 10.5 Å².